The van der Waals surface area contributed by atoms with Gasteiger partial charge in [0.2, 0.25) is 0 Å². The van der Waals surface area contributed by atoms with Crippen LogP contribution in [-0.4, -0.2) is 28.2 Å². The fraction of sp³-hybridized carbons (Fsp3) is 0.357. The summed E-state index contributed by atoms with van der Waals surface area (Å²) >= 11 is 4.09. The average Bonchev–Trinajstić information content (AvgIpc) is 3.28. The fourth-order valence-electron chi connectivity index (χ4n) is 2.08. The summed E-state index contributed by atoms with van der Waals surface area (Å²) in [4.78, 5) is 21.3. The highest BCUT2D eigenvalue weighted by atomic mass is 32.1. The Labute approximate surface area is 117 Å². The van der Waals surface area contributed by atoms with Crippen LogP contribution in [0.1, 0.15) is 34.9 Å². The zero-order valence-corrected chi connectivity index (χ0v) is 11.4. The molecule has 1 aliphatic carbocycles. The van der Waals surface area contributed by atoms with E-state index in [-0.39, 0.29) is 5.91 Å². The summed E-state index contributed by atoms with van der Waals surface area (Å²) in [5.41, 5.74) is 2.94. The average molecular weight is 273 g/mol. The third-order valence-corrected chi connectivity index (χ3v) is 3.40. The van der Waals surface area contributed by atoms with Gasteiger partial charge in [0.1, 0.15) is 0 Å². The molecule has 4 nitrogen and oxygen atoms in total. The van der Waals surface area contributed by atoms with Crippen LogP contribution in [0.15, 0.2) is 24.3 Å². The van der Waals surface area contributed by atoms with Crippen molar-refractivity contribution in [3.8, 4) is 0 Å². The first-order chi connectivity index (χ1) is 9.29. The molecule has 1 aromatic heterocycles. The summed E-state index contributed by atoms with van der Waals surface area (Å²) < 4.78 is 0. The molecule has 1 saturated carbocycles. The van der Waals surface area contributed by atoms with Gasteiger partial charge in [0.25, 0.3) is 5.91 Å². The molecule has 19 heavy (non-hydrogen) atoms. The van der Waals surface area contributed by atoms with Gasteiger partial charge in [-0.2, -0.15) is 12.6 Å². The molecule has 0 atom stereocenters. The number of nitrogens with zero attached hydrogens (tertiary/aromatic N) is 2. The first kappa shape index (κ1) is 12.4. The van der Waals surface area contributed by atoms with Crippen LogP contribution >= 0.6 is 12.6 Å². The van der Waals surface area contributed by atoms with Gasteiger partial charge < -0.3 is 5.32 Å². The Morgan fingerprint density at radius 1 is 1.26 bits per heavy atom. The largest absolute Gasteiger partial charge is 0.350 e. The van der Waals surface area contributed by atoms with E-state index in [0.717, 1.165) is 29.6 Å². The molecule has 0 bridgehead atoms. The van der Waals surface area contributed by atoms with E-state index in [1.54, 1.807) is 0 Å². The van der Waals surface area contributed by atoms with Gasteiger partial charge in [-0.25, -0.2) is 9.97 Å². The highest BCUT2D eigenvalue weighted by Crippen LogP contribution is 2.40. The van der Waals surface area contributed by atoms with Crippen molar-refractivity contribution in [2.24, 2.45) is 0 Å². The Bertz CT molecular complexity index is 625. The number of amides is 1. The third-order valence-electron chi connectivity index (χ3n) is 3.17. The highest BCUT2D eigenvalue weighted by Gasteiger charge is 2.31. The van der Waals surface area contributed by atoms with Crippen LogP contribution in [0.25, 0.3) is 11.0 Å². The molecule has 1 N–H and O–H groups in total. The summed E-state index contributed by atoms with van der Waals surface area (Å²) in [5.74, 6) is 0.869. The Morgan fingerprint density at radius 2 is 1.95 bits per heavy atom. The third kappa shape index (κ3) is 2.56. The fourth-order valence-corrected chi connectivity index (χ4v) is 2.19. The molecule has 0 saturated heterocycles. The van der Waals surface area contributed by atoms with Crippen LogP contribution in [0.2, 0.25) is 0 Å². The molecular formula is C14H15N3OS. The molecule has 0 spiro atoms. The lowest BCUT2D eigenvalue weighted by Crippen LogP contribution is -2.27. The lowest BCUT2D eigenvalue weighted by Gasteiger charge is -2.09. The first-order valence-electron chi connectivity index (χ1n) is 6.45. The number of thiol groups is 1. The van der Waals surface area contributed by atoms with Crippen molar-refractivity contribution in [1.82, 2.24) is 15.3 Å². The van der Waals surface area contributed by atoms with Crippen molar-refractivity contribution in [1.29, 1.82) is 0 Å². The topological polar surface area (TPSA) is 54.9 Å². The standard InChI is InChI=1S/C14H15N3OS/c18-14(15-7-8-19)13-12(9-5-6-9)16-10-3-1-2-4-11(10)17-13/h1-4,9,19H,5-8H2,(H,15,18). The predicted molar refractivity (Wildman–Crippen MR) is 77.7 cm³/mol. The molecule has 1 amide bonds. The van der Waals surface area contributed by atoms with Gasteiger partial charge >= 0.3 is 0 Å². The van der Waals surface area contributed by atoms with E-state index in [4.69, 9.17) is 0 Å². The van der Waals surface area contributed by atoms with E-state index >= 15 is 0 Å². The van der Waals surface area contributed by atoms with E-state index in [2.05, 4.69) is 27.9 Å². The molecule has 0 radical (unpaired) electrons. The van der Waals surface area contributed by atoms with Crippen LogP contribution in [0.5, 0.6) is 0 Å². The van der Waals surface area contributed by atoms with Crippen LogP contribution in [0.4, 0.5) is 0 Å². The number of aromatic nitrogens is 2. The van der Waals surface area contributed by atoms with Crippen molar-refractivity contribution in [3.63, 3.8) is 0 Å². The molecule has 1 fully saturated rings. The van der Waals surface area contributed by atoms with Gasteiger partial charge in [-0.05, 0) is 25.0 Å². The number of carbonyl (C=O) groups excluding carboxylic acids is 1. The molecule has 1 heterocycles. The van der Waals surface area contributed by atoms with Gasteiger partial charge in [0.15, 0.2) is 5.69 Å². The van der Waals surface area contributed by atoms with E-state index in [9.17, 15) is 4.79 Å². The van der Waals surface area contributed by atoms with Crippen molar-refractivity contribution < 1.29 is 4.79 Å². The quantitative estimate of drug-likeness (QED) is 0.839. The van der Waals surface area contributed by atoms with Crippen LogP contribution in [0.3, 0.4) is 0 Å². The molecule has 5 heteroatoms. The number of rotatable bonds is 4. The number of hydrogen-bond donors (Lipinski definition) is 2. The minimum Gasteiger partial charge on any atom is -0.350 e. The Morgan fingerprint density at radius 3 is 2.58 bits per heavy atom. The zero-order chi connectivity index (χ0) is 13.2. The Kier molecular flexibility index (Phi) is 3.38. The maximum absolute atomic E-state index is 12.2. The van der Waals surface area contributed by atoms with Gasteiger partial charge in [0, 0.05) is 18.2 Å². The van der Waals surface area contributed by atoms with Gasteiger partial charge in [-0.1, -0.05) is 12.1 Å². The number of carbonyl (C=O) groups is 1. The monoisotopic (exact) mass is 273 g/mol. The molecule has 0 unspecified atom stereocenters. The number of fused-ring (bicyclic) bond motifs is 1. The highest BCUT2D eigenvalue weighted by molar-refractivity contribution is 7.80. The maximum Gasteiger partial charge on any atom is 0.271 e. The summed E-state index contributed by atoms with van der Waals surface area (Å²) in [6.45, 7) is 0.542. The van der Waals surface area contributed by atoms with E-state index in [1.807, 2.05) is 24.3 Å². The van der Waals surface area contributed by atoms with Gasteiger partial charge in [-0.3, -0.25) is 4.79 Å². The normalized spacial score (nSPS) is 14.6. The summed E-state index contributed by atoms with van der Waals surface area (Å²) in [6.07, 6.45) is 2.19. The second-order valence-corrected chi connectivity index (χ2v) is 5.15. The van der Waals surface area contributed by atoms with Crippen molar-refractivity contribution in [2.75, 3.05) is 12.3 Å². The van der Waals surface area contributed by atoms with Crippen LogP contribution in [0, 0.1) is 0 Å². The minimum atomic E-state index is -0.144. The van der Waals surface area contributed by atoms with Crippen LogP contribution < -0.4 is 5.32 Å². The van der Waals surface area contributed by atoms with Gasteiger partial charge in [0.05, 0.1) is 16.7 Å². The van der Waals surface area contributed by atoms with E-state index in [1.165, 1.54) is 0 Å². The molecule has 0 aliphatic heterocycles. The molecule has 1 aliphatic rings. The van der Waals surface area contributed by atoms with E-state index in [0.29, 0.717) is 23.9 Å². The predicted octanol–water partition coefficient (Wildman–Crippen LogP) is 2.17. The minimum absolute atomic E-state index is 0.144. The molecule has 1 aromatic carbocycles. The lowest BCUT2D eigenvalue weighted by molar-refractivity contribution is 0.0950. The number of nitrogens with one attached hydrogen (secondary N) is 1. The van der Waals surface area contributed by atoms with Crippen molar-refractivity contribution >= 4 is 29.6 Å². The van der Waals surface area contributed by atoms with Crippen molar-refractivity contribution in [3.05, 3.63) is 35.7 Å². The Hall–Kier alpha value is -1.62. The first-order valence-corrected chi connectivity index (χ1v) is 7.08. The summed E-state index contributed by atoms with van der Waals surface area (Å²) in [7, 11) is 0. The second kappa shape index (κ2) is 5.17. The maximum atomic E-state index is 12.2. The lowest BCUT2D eigenvalue weighted by atomic mass is 10.2. The second-order valence-electron chi connectivity index (χ2n) is 4.70. The number of hydrogen-bond acceptors (Lipinski definition) is 4. The molecular weight excluding hydrogens is 258 g/mol. The molecule has 3 rings (SSSR count). The number of benzene rings is 1. The zero-order valence-electron chi connectivity index (χ0n) is 10.5. The summed E-state index contributed by atoms with van der Waals surface area (Å²) in [6, 6.07) is 7.66. The van der Waals surface area contributed by atoms with Crippen LogP contribution in [-0.2, 0) is 0 Å². The van der Waals surface area contributed by atoms with E-state index < -0.39 is 0 Å². The molecule has 2 aromatic rings. The SMILES string of the molecule is O=C(NCCS)c1nc2ccccc2nc1C1CC1. The van der Waals surface area contributed by atoms with Gasteiger partial charge in [-0.15, -0.1) is 0 Å². The summed E-state index contributed by atoms with van der Waals surface area (Å²) in [5, 5.41) is 2.82. The van der Waals surface area contributed by atoms with Crippen molar-refractivity contribution in [2.45, 2.75) is 18.8 Å². The Balaban J connectivity index is 2.04. The smallest absolute Gasteiger partial charge is 0.271 e. The number of para-hydroxylation sites is 2. The molecule has 98 valence electrons.